The number of likely N-dealkylation sites (tertiary alicyclic amines) is 1. The van der Waals surface area contributed by atoms with Crippen molar-refractivity contribution < 1.29 is 0 Å². The molecule has 3 atom stereocenters. The van der Waals surface area contributed by atoms with Crippen LogP contribution in [-0.4, -0.2) is 22.5 Å². The molecule has 1 heteroatoms. The van der Waals surface area contributed by atoms with Crippen molar-refractivity contribution in [2.24, 2.45) is 11.8 Å². The third-order valence-corrected chi connectivity index (χ3v) is 5.11. The lowest BCUT2D eigenvalue weighted by molar-refractivity contribution is -0.0627. The lowest BCUT2D eigenvalue weighted by Crippen LogP contribution is -2.61. The van der Waals surface area contributed by atoms with Gasteiger partial charge in [0.05, 0.1) is 0 Å². The summed E-state index contributed by atoms with van der Waals surface area (Å²) in [6.45, 7) is 16.8. The van der Waals surface area contributed by atoms with Gasteiger partial charge < -0.3 is 0 Å². The summed E-state index contributed by atoms with van der Waals surface area (Å²) in [6, 6.07) is 1.46. The summed E-state index contributed by atoms with van der Waals surface area (Å²) in [6.07, 6.45) is 6.78. The fourth-order valence-corrected chi connectivity index (χ4v) is 4.48. The van der Waals surface area contributed by atoms with Gasteiger partial charge in [-0.15, -0.1) is 0 Å². The molecule has 0 amide bonds. The Kier molecular flexibility index (Phi) is 5.70. The maximum Gasteiger partial charge on any atom is 0.0187 e. The van der Waals surface area contributed by atoms with Crippen molar-refractivity contribution in [1.29, 1.82) is 0 Å². The van der Waals surface area contributed by atoms with E-state index in [9.17, 15) is 0 Å². The molecule has 0 aromatic rings. The highest BCUT2D eigenvalue weighted by atomic mass is 15.3. The molecule has 108 valence electrons. The zero-order chi connectivity index (χ0) is 13.9. The molecule has 1 rings (SSSR count). The van der Waals surface area contributed by atoms with E-state index < -0.39 is 0 Å². The predicted octanol–water partition coefficient (Wildman–Crippen LogP) is 5.10. The Bertz CT molecular complexity index is 246. The normalized spacial score (nSPS) is 34.5. The molecule has 1 aliphatic heterocycles. The Morgan fingerprint density at radius 2 is 1.78 bits per heavy atom. The minimum Gasteiger partial charge on any atom is -0.292 e. The van der Waals surface area contributed by atoms with Gasteiger partial charge in [0.1, 0.15) is 0 Å². The van der Waals surface area contributed by atoms with Gasteiger partial charge in [0.2, 0.25) is 0 Å². The maximum atomic E-state index is 2.87. The molecule has 1 nitrogen and oxygen atoms in total. The molecule has 18 heavy (non-hydrogen) atoms. The summed E-state index contributed by atoms with van der Waals surface area (Å²) in [4.78, 5) is 2.87. The second kappa shape index (κ2) is 6.41. The fraction of sp³-hybridized carbons (Fsp3) is 1.00. The highest BCUT2D eigenvalue weighted by molar-refractivity contribution is 4.99. The van der Waals surface area contributed by atoms with Crippen LogP contribution < -0.4 is 0 Å². The second-order valence-electron chi connectivity index (χ2n) is 7.17. The van der Waals surface area contributed by atoms with Crippen LogP contribution >= 0.6 is 0 Å². The van der Waals surface area contributed by atoms with E-state index in [0.717, 1.165) is 17.9 Å². The van der Waals surface area contributed by atoms with Crippen LogP contribution in [0.5, 0.6) is 0 Å². The van der Waals surface area contributed by atoms with Crippen molar-refractivity contribution in [3.63, 3.8) is 0 Å². The van der Waals surface area contributed by atoms with Gasteiger partial charge >= 0.3 is 0 Å². The van der Waals surface area contributed by atoms with Crippen molar-refractivity contribution >= 4 is 0 Å². The molecule has 0 aliphatic carbocycles. The molecule has 0 aromatic heterocycles. The monoisotopic (exact) mass is 253 g/mol. The minimum absolute atomic E-state index is 0.439. The molecular formula is C17H35N. The van der Waals surface area contributed by atoms with Crippen LogP contribution in [0.25, 0.3) is 0 Å². The summed E-state index contributed by atoms with van der Waals surface area (Å²) < 4.78 is 0. The van der Waals surface area contributed by atoms with E-state index in [-0.39, 0.29) is 0 Å². The number of hydrogen-bond donors (Lipinski definition) is 0. The maximum absolute atomic E-state index is 2.87. The third-order valence-electron chi connectivity index (χ3n) is 5.11. The Hall–Kier alpha value is -0.0400. The zero-order valence-electron chi connectivity index (χ0n) is 13.8. The van der Waals surface area contributed by atoms with Crippen LogP contribution in [0.15, 0.2) is 0 Å². The first kappa shape index (κ1) is 16.0. The first-order chi connectivity index (χ1) is 8.37. The summed E-state index contributed by atoms with van der Waals surface area (Å²) in [5.74, 6) is 1.71. The Morgan fingerprint density at radius 3 is 2.17 bits per heavy atom. The summed E-state index contributed by atoms with van der Waals surface area (Å²) in [7, 11) is 0. The van der Waals surface area contributed by atoms with Crippen LogP contribution in [0.3, 0.4) is 0 Å². The topological polar surface area (TPSA) is 3.24 Å². The van der Waals surface area contributed by atoms with Crippen molar-refractivity contribution in [3.8, 4) is 0 Å². The predicted molar refractivity (Wildman–Crippen MR) is 81.9 cm³/mol. The Morgan fingerprint density at radius 1 is 1.17 bits per heavy atom. The highest BCUT2D eigenvalue weighted by Gasteiger charge is 2.44. The molecule has 1 saturated heterocycles. The Labute approximate surface area is 115 Å². The van der Waals surface area contributed by atoms with E-state index >= 15 is 0 Å². The SMILES string of the molecule is CCCC1(C)CCC(C(C)C)C(CC)N1C(C)C. The van der Waals surface area contributed by atoms with E-state index in [2.05, 4.69) is 53.4 Å². The van der Waals surface area contributed by atoms with Gasteiger partial charge in [-0.1, -0.05) is 34.1 Å². The summed E-state index contributed by atoms with van der Waals surface area (Å²) in [5.41, 5.74) is 0.439. The van der Waals surface area contributed by atoms with Crippen molar-refractivity contribution in [1.82, 2.24) is 4.90 Å². The largest absolute Gasteiger partial charge is 0.292 e. The number of rotatable bonds is 5. The molecule has 0 spiro atoms. The van der Waals surface area contributed by atoms with Crippen LogP contribution in [0.1, 0.15) is 80.6 Å². The molecule has 1 heterocycles. The van der Waals surface area contributed by atoms with E-state index in [1.54, 1.807) is 0 Å². The molecule has 3 unspecified atom stereocenters. The van der Waals surface area contributed by atoms with E-state index in [1.165, 1.54) is 32.1 Å². The van der Waals surface area contributed by atoms with Gasteiger partial charge in [-0.25, -0.2) is 0 Å². The third kappa shape index (κ3) is 3.10. The van der Waals surface area contributed by atoms with Gasteiger partial charge in [0.25, 0.3) is 0 Å². The van der Waals surface area contributed by atoms with Crippen LogP contribution in [0.4, 0.5) is 0 Å². The molecule has 0 bridgehead atoms. The molecule has 1 fully saturated rings. The lowest BCUT2D eigenvalue weighted by atomic mass is 9.71. The fourth-order valence-electron chi connectivity index (χ4n) is 4.48. The van der Waals surface area contributed by atoms with Crippen molar-refractivity contribution in [2.75, 3.05) is 0 Å². The number of nitrogens with zero attached hydrogens (tertiary/aromatic N) is 1. The zero-order valence-corrected chi connectivity index (χ0v) is 13.8. The van der Waals surface area contributed by atoms with Crippen LogP contribution in [-0.2, 0) is 0 Å². The summed E-state index contributed by atoms with van der Waals surface area (Å²) in [5, 5.41) is 0. The van der Waals surface area contributed by atoms with Crippen molar-refractivity contribution in [3.05, 3.63) is 0 Å². The smallest absolute Gasteiger partial charge is 0.0187 e. The average molecular weight is 253 g/mol. The van der Waals surface area contributed by atoms with E-state index in [1.807, 2.05) is 0 Å². The van der Waals surface area contributed by atoms with Gasteiger partial charge in [0.15, 0.2) is 0 Å². The quantitative estimate of drug-likeness (QED) is 0.659. The van der Waals surface area contributed by atoms with Crippen molar-refractivity contribution in [2.45, 2.75) is 98.2 Å². The van der Waals surface area contributed by atoms with Gasteiger partial charge in [-0.3, -0.25) is 4.90 Å². The number of piperidine rings is 1. The molecular weight excluding hydrogens is 218 g/mol. The molecule has 0 saturated carbocycles. The van der Waals surface area contributed by atoms with E-state index in [0.29, 0.717) is 11.6 Å². The van der Waals surface area contributed by atoms with Gasteiger partial charge in [-0.2, -0.15) is 0 Å². The molecule has 1 aliphatic rings. The minimum atomic E-state index is 0.439. The summed E-state index contributed by atoms with van der Waals surface area (Å²) >= 11 is 0. The standard InChI is InChI=1S/C17H35N/c1-8-11-17(7)12-10-15(13(3)4)16(9-2)18(17)14(5)6/h13-16H,8-12H2,1-7H3. The molecule has 0 radical (unpaired) electrons. The van der Waals surface area contributed by atoms with E-state index in [4.69, 9.17) is 0 Å². The molecule has 0 N–H and O–H groups in total. The van der Waals surface area contributed by atoms with Gasteiger partial charge in [0, 0.05) is 17.6 Å². The Balaban J connectivity index is 3.00. The first-order valence-corrected chi connectivity index (χ1v) is 8.15. The second-order valence-corrected chi connectivity index (χ2v) is 7.17. The highest BCUT2D eigenvalue weighted by Crippen LogP contribution is 2.43. The first-order valence-electron chi connectivity index (χ1n) is 8.15. The van der Waals surface area contributed by atoms with Crippen LogP contribution in [0.2, 0.25) is 0 Å². The molecule has 0 aromatic carbocycles. The van der Waals surface area contributed by atoms with Crippen LogP contribution in [0, 0.1) is 11.8 Å². The van der Waals surface area contributed by atoms with Gasteiger partial charge in [-0.05, 0) is 58.3 Å². The average Bonchev–Trinajstić information content (AvgIpc) is 2.27. The lowest BCUT2D eigenvalue weighted by Gasteiger charge is -2.56. The number of hydrogen-bond acceptors (Lipinski definition) is 1.